The Morgan fingerprint density at radius 2 is 2.21 bits per heavy atom. The van der Waals surface area contributed by atoms with E-state index < -0.39 is 15.9 Å². The van der Waals surface area contributed by atoms with Crippen LogP contribution in [0.2, 0.25) is 0 Å². The van der Waals surface area contributed by atoms with E-state index in [9.17, 15) is 18.3 Å². The molecule has 1 fully saturated rings. The minimum absolute atomic E-state index is 0.0362. The van der Waals surface area contributed by atoms with Crippen LogP contribution in [0.3, 0.4) is 0 Å². The highest BCUT2D eigenvalue weighted by atomic mass is 32.2. The second kappa shape index (κ2) is 9.41. The number of nitrogens with one attached hydrogen (secondary N) is 1. The molecule has 1 amide bonds. The summed E-state index contributed by atoms with van der Waals surface area (Å²) in [7, 11) is -1.63. The smallest absolute Gasteiger partial charge is 0.220 e. The summed E-state index contributed by atoms with van der Waals surface area (Å²) in [6, 6.07) is -0.361. The van der Waals surface area contributed by atoms with Crippen molar-refractivity contribution in [1.29, 1.82) is 0 Å². The Kier molecular flexibility index (Phi) is 6.92. The van der Waals surface area contributed by atoms with E-state index in [1.807, 2.05) is 7.05 Å². The maximum absolute atomic E-state index is 12.3. The van der Waals surface area contributed by atoms with Gasteiger partial charge in [0.2, 0.25) is 5.91 Å². The van der Waals surface area contributed by atoms with Gasteiger partial charge in [-0.3, -0.25) is 4.79 Å². The number of amides is 1. The minimum Gasteiger partial charge on any atom is -0.388 e. The van der Waals surface area contributed by atoms with Crippen molar-refractivity contribution in [2.75, 3.05) is 25.5 Å². The molecule has 1 aliphatic heterocycles. The average molecular weight is 427 g/mol. The van der Waals surface area contributed by atoms with E-state index in [0.29, 0.717) is 25.1 Å². The summed E-state index contributed by atoms with van der Waals surface area (Å²) in [5.41, 5.74) is 0.291. The Balaban J connectivity index is 1.38. The lowest BCUT2D eigenvalue weighted by Crippen LogP contribution is -2.29. The second-order valence-corrected chi connectivity index (χ2v) is 9.20. The first-order valence-electron chi connectivity index (χ1n) is 9.30. The summed E-state index contributed by atoms with van der Waals surface area (Å²) in [6.07, 6.45) is 3.93. The third kappa shape index (κ3) is 6.05. The number of hydrogen-bond acceptors (Lipinski definition) is 9. The van der Waals surface area contributed by atoms with E-state index in [1.54, 1.807) is 10.9 Å². The number of carbonyl (C=O) groups is 1. The lowest BCUT2D eigenvalue weighted by molar-refractivity contribution is -0.121. The van der Waals surface area contributed by atoms with Gasteiger partial charge in [0.15, 0.2) is 9.84 Å². The Morgan fingerprint density at radius 3 is 2.90 bits per heavy atom. The molecule has 29 heavy (non-hydrogen) atoms. The van der Waals surface area contributed by atoms with Crippen LogP contribution in [0.5, 0.6) is 0 Å². The van der Waals surface area contributed by atoms with Gasteiger partial charge < -0.3 is 19.7 Å². The maximum Gasteiger partial charge on any atom is 0.220 e. The molecule has 12 nitrogen and oxygen atoms in total. The molecule has 0 saturated carbocycles. The largest absolute Gasteiger partial charge is 0.388 e. The fraction of sp³-hybridized carbons (Fsp3) is 0.688. The molecule has 0 aromatic carbocycles. The normalized spacial score (nSPS) is 19.5. The molecule has 2 atom stereocenters. The van der Waals surface area contributed by atoms with Gasteiger partial charge in [0.1, 0.15) is 24.3 Å². The number of aliphatic hydroxyl groups is 1. The number of aryl methyl sites for hydroxylation is 2. The Morgan fingerprint density at radius 1 is 1.38 bits per heavy atom. The number of nitrogens with zero attached hydrogens (tertiary/aromatic N) is 6. The van der Waals surface area contributed by atoms with Crippen molar-refractivity contribution in [3.8, 4) is 0 Å². The predicted octanol–water partition coefficient (Wildman–Crippen LogP) is -1.61. The van der Waals surface area contributed by atoms with Crippen molar-refractivity contribution in [2.24, 2.45) is 7.05 Å². The van der Waals surface area contributed by atoms with Crippen LogP contribution in [-0.2, 0) is 38.6 Å². The zero-order valence-corrected chi connectivity index (χ0v) is 17.0. The molecule has 1 saturated heterocycles. The van der Waals surface area contributed by atoms with Gasteiger partial charge in [0.25, 0.3) is 0 Å². The first-order valence-corrected chi connectivity index (χ1v) is 11.1. The highest BCUT2D eigenvalue weighted by molar-refractivity contribution is 7.90. The quantitative estimate of drug-likeness (QED) is 0.456. The highest BCUT2D eigenvalue weighted by Gasteiger charge is 2.29. The lowest BCUT2D eigenvalue weighted by atomic mass is 10.2. The van der Waals surface area contributed by atoms with Crippen molar-refractivity contribution >= 4 is 15.7 Å². The summed E-state index contributed by atoms with van der Waals surface area (Å²) in [4.78, 5) is 11.9. The summed E-state index contributed by atoms with van der Waals surface area (Å²) in [6.45, 7) is 0.560. The van der Waals surface area contributed by atoms with Crippen LogP contribution in [0.4, 0.5) is 0 Å². The molecule has 0 bridgehead atoms. The zero-order valence-electron chi connectivity index (χ0n) is 16.1. The third-order valence-electron chi connectivity index (χ3n) is 4.63. The molecule has 160 valence electrons. The van der Waals surface area contributed by atoms with Crippen molar-refractivity contribution in [3.05, 3.63) is 24.0 Å². The number of aromatic nitrogens is 6. The minimum atomic E-state index is -3.46. The van der Waals surface area contributed by atoms with Crippen LogP contribution in [0, 0.1) is 0 Å². The maximum atomic E-state index is 12.3. The first kappa shape index (κ1) is 21.3. The van der Waals surface area contributed by atoms with Crippen LogP contribution in [0.15, 0.2) is 12.5 Å². The monoisotopic (exact) mass is 427 g/mol. The molecule has 2 aromatic heterocycles. The van der Waals surface area contributed by atoms with Crippen molar-refractivity contribution < 1.29 is 23.1 Å². The fourth-order valence-corrected chi connectivity index (χ4v) is 4.14. The number of carbonyl (C=O) groups excluding carboxylic acids is 1. The number of rotatable bonds is 10. The highest BCUT2D eigenvalue weighted by Crippen LogP contribution is 2.18. The number of hydrogen-bond donors (Lipinski definition) is 2. The lowest BCUT2D eigenvalue weighted by Gasteiger charge is -2.10. The Bertz CT molecular complexity index is 926. The van der Waals surface area contributed by atoms with Gasteiger partial charge in [0, 0.05) is 26.4 Å². The fourth-order valence-electron chi connectivity index (χ4n) is 3.00. The third-order valence-corrected chi connectivity index (χ3v) is 6.19. The second-order valence-electron chi connectivity index (χ2n) is 7.02. The van der Waals surface area contributed by atoms with Crippen LogP contribution in [0.25, 0.3) is 0 Å². The van der Waals surface area contributed by atoms with E-state index >= 15 is 0 Å². The first-order chi connectivity index (χ1) is 13.8. The Labute approximate surface area is 168 Å². The van der Waals surface area contributed by atoms with Gasteiger partial charge in [-0.2, -0.15) is 0 Å². The molecule has 0 spiro atoms. The molecular formula is C16H25N7O5S. The summed E-state index contributed by atoms with van der Waals surface area (Å²) < 4.78 is 32.9. The summed E-state index contributed by atoms with van der Waals surface area (Å²) >= 11 is 0. The summed E-state index contributed by atoms with van der Waals surface area (Å²) in [5, 5.41) is 27.9. The van der Waals surface area contributed by atoms with Gasteiger partial charge in [-0.1, -0.05) is 5.21 Å². The standard InChI is InChI=1S/C16H25N7O5S/c1-22-11-18-20-15(22)3-2-4-16(25)17-5-6-29(26,27)10-12-7-23(21-19-12)13-8-28-9-14(13)24/h7,11,13-14,24H,2-6,8-10H2,1H3,(H,17,25)/t13-,14-/m1/s1. The van der Waals surface area contributed by atoms with E-state index in [1.165, 1.54) is 10.9 Å². The van der Waals surface area contributed by atoms with Crippen molar-refractivity contribution in [1.82, 2.24) is 35.1 Å². The van der Waals surface area contributed by atoms with Crippen molar-refractivity contribution in [2.45, 2.75) is 37.2 Å². The molecule has 3 heterocycles. The van der Waals surface area contributed by atoms with E-state index in [4.69, 9.17) is 4.74 Å². The molecule has 1 aliphatic rings. The molecule has 0 aliphatic carbocycles. The Hall–Kier alpha value is -2.38. The van der Waals surface area contributed by atoms with Crippen LogP contribution >= 0.6 is 0 Å². The SMILES string of the molecule is Cn1cnnc1CCCC(=O)NCCS(=O)(=O)Cc1cn([C@@H]2COC[C@H]2O)nn1. The van der Waals surface area contributed by atoms with Gasteiger partial charge in [-0.15, -0.1) is 15.3 Å². The van der Waals surface area contributed by atoms with Gasteiger partial charge in [-0.05, 0) is 6.42 Å². The van der Waals surface area contributed by atoms with Gasteiger partial charge >= 0.3 is 0 Å². The molecular weight excluding hydrogens is 402 g/mol. The van der Waals surface area contributed by atoms with E-state index in [0.717, 1.165) is 5.82 Å². The number of sulfone groups is 1. The zero-order chi connectivity index (χ0) is 20.9. The summed E-state index contributed by atoms with van der Waals surface area (Å²) in [5.74, 6) is 0.122. The number of aliphatic hydroxyl groups excluding tert-OH is 1. The molecule has 13 heteroatoms. The average Bonchev–Trinajstić information content (AvgIpc) is 3.37. The molecule has 0 radical (unpaired) electrons. The molecule has 0 unspecified atom stereocenters. The van der Waals surface area contributed by atoms with Gasteiger partial charge in [-0.25, -0.2) is 13.1 Å². The predicted molar refractivity (Wildman–Crippen MR) is 100 cm³/mol. The van der Waals surface area contributed by atoms with Crippen LogP contribution in [0.1, 0.15) is 30.4 Å². The molecule has 2 aromatic rings. The molecule has 2 N–H and O–H groups in total. The van der Waals surface area contributed by atoms with E-state index in [-0.39, 0.29) is 43.0 Å². The topological polar surface area (TPSA) is 154 Å². The van der Waals surface area contributed by atoms with E-state index in [2.05, 4.69) is 25.8 Å². The van der Waals surface area contributed by atoms with Crippen LogP contribution in [-0.4, -0.2) is 80.8 Å². The van der Waals surface area contributed by atoms with Gasteiger partial charge in [0.05, 0.1) is 36.6 Å². The van der Waals surface area contributed by atoms with Crippen LogP contribution < -0.4 is 5.32 Å². The van der Waals surface area contributed by atoms with Crippen molar-refractivity contribution in [3.63, 3.8) is 0 Å². The number of ether oxygens (including phenoxy) is 1. The molecule has 3 rings (SSSR count).